The van der Waals surface area contributed by atoms with Gasteiger partial charge < -0.3 is 19.3 Å². The molecule has 0 fully saturated rings. The molecule has 6 heteroatoms. The van der Waals surface area contributed by atoms with Crippen molar-refractivity contribution in [2.75, 3.05) is 23.0 Å². The minimum atomic E-state index is -0.122. The van der Waals surface area contributed by atoms with Crippen LogP contribution < -0.4 is 35.7 Å². The van der Waals surface area contributed by atoms with Crippen LogP contribution in [-0.4, -0.2) is 19.9 Å². The zero-order valence-electron chi connectivity index (χ0n) is 44.9. The van der Waals surface area contributed by atoms with Crippen LogP contribution >= 0.6 is 11.3 Å². The molecule has 9 aromatic carbocycles. The molecule has 0 radical (unpaired) electrons. The molecule has 0 N–H and O–H groups in total. The molecular formula is C69H63BN2O2S. The standard InChI is InChI=1S/C69H63BN2O2S/c1-42-35-59-64-60(36-42)72(52-27-25-51(26-28-52)69(8,9)10)65-56(30-32-61-66(65)74-34-33-73-61)70(64)57-40-45(46-19-29-55-54-13-11-12-14-62(54)75-63(55)41-46)20-31-58(57)71(59)53-38-47(43-15-21-49(22-16-43)67(2,3)4)37-48(39-53)44-17-23-50(24-18-44)68(5,6)7/h11-32,35-41H,33-34H2,1-10H3. The number of thiophene rings is 1. The zero-order valence-corrected chi connectivity index (χ0v) is 45.7. The summed E-state index contributed by atoms with van der Waals surface area (Å²) >= 11 is 1.87. The molecule has 0 saturated heterocycles. The van der Waals surface area contributed by atoms with E-state index in [0.29, 0.717) is 13.2 Å². The van der Waals surface area contributed by atoms with Crippen molar-refractivity contribution in [1.29, 1.82) is 0 Å². The van der Waals surface area contributed by atoms with Gasteiger partial charge >= 0.3 is 0 Å². The molecule has 75 heavy (non-hydrogen) atoms. The largest absolute Gasteiger partial charge is 0.486 e. The lowest BCUT2D eigenvalue weighted by Crippen LogP contribution is -2.61. The van der Waals surface area contributed by atoms with E-state index in [1.807, 2.05) is 11.3 Å². The molecule has 0 aliphatic carbocycles. The third-order valence-electron chi connectivity index (χ3n) is 15.9. The van der Waals surface area contributed by atoms with Gasteiger partial charge in [0, 0.05) is 48.6 Å². The molecule has 0 bridgehead atoms. The first-order valence-electron chi connectivity index (χ1n) is 26.7. The quantitative estimate of drug-likeness (QED) is 0.160. The van der Waals surface area contributed by atoms with Crippen molar-refractivity contribution in [3.63, 3.8) is 0 Å². The second kappa shape index (κ2) is 17.3. The second-order valence-electron chi connectivity index (χ2n) is 24.2. The van der Waals surface area contributed by atoms with Crippen LogP contribution in [0.25, 0.3) is 53.6 Å². The van der Waals surface area contributed by atoms with Gasteiger partial charge in [0.15, 0.2) is 11.5 Å². The van der Waals surface area contributed by atoms with E-state index in [-0.39, 0.29) is 23.0 Å². The van der Waals surface area contributed by atoms with Crippen molar-refractivity contribution in [3.05, 3.63) is 198 Å². The third kappa shape index (κ3) is 8.03. The molecular weight excluding hydrogens is 932 g/mol. The van der Waals surface area contributed by atoms with Crippen molar-refractivity contribution >= 4 is 88.7 Å². The Hall–Kier alpha value is -7.54. The van der Waals surface area contributed by atoms with E-state index in [2.05, 4.69) is 255 Å². The molecule has 0 spiro atoms. The Balaban J connectivity index is 1.08. The normalized spacial score (nSPS) is 14.0. The van der Waals surface area contributed by atoms with Gasteiger partial charge in [-0.25, -0.2) is 0 Å². The minimum absolute atomic E-state index is 0.00210. The Morgan fingerprint density at radius 2 is 0.973 bits per heavy atom. The van der Waals surface area contributed by atoms with Crippen LogP contribution in [0.15, 0.2) is 176 Å². The van der Waals surface area contributed by atoms with Crippen molar-refractivity contribution in [2.24, 2.45) is 0 Å². The van der Waals surface area contributed by atoms with Crippen LogP contribution in [0, 0.1) is 6.92 Å². The summed E-state index contributed by atoms with van der Waals surface area (Å²) in [5.74, 6) is 1.58. The predicted molar refractivity (Wildman–Crippen MR) is 321 cm³/mol. The lowest BCUT2D eigenvalue weighted by molar-refractivity contribution is 0.172. The average molecular weight is 995 g/mol. The van der Waals surface area contributed by atoms with E-state index in [1.165, 1.54) is 97.9 Å². The molecule has 3 aliphatic heterocycles. The summed E-state index contributed by atoms with van der Waals surface area (Å²) < 4.78 is 15.8. The van der Waals surface area contributed by atoms with Gasteiger partial charge in [0.2, 0.25) is 0 Å². The fraction of sp³-hybridized carbons (Fsp3) is 0.217. The van der Waals surface area contributed by atoms with Crippen LogP contribution in [0.4, 0.5) is 34.1 Å². The summed E-state index contributed by atoms with van der Waals surface area (Å²) in [5.41, 5.74) is 22.8. The Kier molecular flexibility index (Phi) is 10.9. The fourth-order valence-corrected chi connectivity index (χ4v) is 13.0. The summed E-state index contributed by atoms with van der Waals surface area (Å²) in [7, 11) is 0. The summed E-state index contributed by atoms with van der Waals surface area (Å²) in [5, 5.41) is 2.62. The number of rotatable bonds is 5. The summed E-state index contributed by atoms with van der Waals surface area (Å²) in [6.07, 6.45) is 0. The van der Waals surface area contributed by atoms with Gasteiger partial charge in [0.05, 0.1) is 5.69 Å². The highest BCUT2D eigenvalue weighted by Gasteiger charge is 2.46. The van der Waals surface area contributed by atoms with E-state index in [1.54, 1.807) is 0 Å². The lowest BCUT2D eigenvalue weighted by Gasteiger charge is -2.45. The Labute approximate surface area is 447 Å². The van der Waals surface area contributed by atoms with Gasteiger partial charge in [0.25, 0.3) is 6.71 Å². The van der Waals surface area contributed by atoms with E-state index >= 15 is 0 Å². The van der Waals surface area contributed by atoms with Gasteiger partial charge in [-0.15, -0.1) is 11.3 Å². The number of hydrogen-bond donors (Lipinski definition) is 0. The van der Waals surface area contributed by atoms with Crippen LogP contribution in [0.3, 0.4) is 0 Å². The second-order valence-corrected chi connectivity index (χ2v) is 25.2. The highest BCUT2D eigenvalue weighted by atomic mass is 32.1. The van der Waals surface area contributed by atoms with Crippen LogP contribution in [0.1, 0.15) is 84.6 Å². The van der Waals surface area contributed by atoms with Gasteiger partial charge in [-0.2, -0.15) is 0 Å². The Bertz CT molecular complexity index is 3830. The molecule has 4 nitrogen and oxygen atoms in total. The number of benzene rings is 9. The number of ether oxygens (including phenoxy) is 2. The van der Waals surface area contributed by atoms with Crippen LogP contribution in [0.5, 0.6) is 11.5 Å². The molecule has 0 atom stereocenters. The van der Waals surface area contributed by atoms with Crippen LogP contribution in [0.2, 0.25) is 0 Å². The third-order valence-corrected chi connectivity index (χ3v) is 17.1. The Morgan fingerprint density at radius 3 is 1.61 bits per heavy atom. The maximum Gasteiger partial charge on any atom is 0.252 e. The summed E-state index contributed by atoms with van der Waals surface area (Å²) in [4.78, 5) is 5.04. The first-order chi connectivity index (χ1) is 36.0. The van der Waals surface area contributed by atoms with E-state index in [0.717, 1.165) is 39.9 Å². The van der Waals surface area contributed by atoms with Gasteiger partial charge in [-0.1, -0.05) is 172 Å². The van der Waals surface area contributed by atoms with Gasteiger partial charge in [-0.3, -0.25) is 0 Å². The molecule has 0 unspecified atom stereocenters. The monoisotopic (exact) mass is 994 g/mol. The molecule has 10 aromatic rings. The van der Waals surface area contributed by atoms with Gasteiger partial charge in [0.1, 0.15) is 13.2 Å². The van der Waals surface area contributed by atoms with Gasteiger partial charge in [-0.05, 0) is 162 Å². The molecule has 4 heterocycles. The Morgan fingerprint density at radius 1 is 0.427 bits per heavy atom. The highest BCUT2D eigenvalue weighted by molar-refractivity contribution is 7.25. The number of anilines is 6. The topological polar surface area (TPSA) is 24.9 Å². The maximum absolute atomic E-state index is 6.76. The summed E-state index contributed by atoms with van der Waals surface area (Å²) in [6.45, 7) is 23.7. The molecule has 0 amide bonds. The molecule has 13 rings (SSSR count). The summed E-state index contributed by atoms with van der Waals surface area (Å²) in [6, 6.07) is 67.2. The van der Waals surface area contributed by atoms with Crippen molar-refractivity contribution < 1.29 is 9.47 Å². The average Bonchev–Trinajstić information content (AvgIpc) is 3.78. The fourth-order valence-electron chi connectivity index (χ4n) is 11.9. The SMILES string of the molecule is Cc1cc2c3c(c1)N(c1ccc(C(C)(C)C)cc1)c1c(ccc4c1OCCO4)B3c1cc(-c3ccc4c(c3)sc3ccccc34)ccc1N2c1cc(-c2ccc(C(C)(C)C)cc2)cc(-c2ccc(C(C)(C)C)cc2)c1. The van der Waals surface area contributed by atoms with Crippen molar-refractivity contribution in [1.82, 2.24) is 0 Å². The molecule has 3 aliphatic rings. The first kappa shape index (κ1) is 47.2. The number of nitrogens with zero attached hydrogens (tertiary/aromatic N) is 2. The lowest BCUT2D eigenvalue weighted by atomic mass is 9.33. The van der Waals surface area contributed by atoms with E-state index in [9.17, 15) is 0 Å². The zero-order chi connectivity index (χ0) is 51.7. The highest BCUT2D eigenvalue weighted by Crippen LogP contribution is 2.51. The van der Waals surface area contributed by atoms with E-state index < -0.39 is 0 Å². The molecule has 370 valence electrons. The number of hydrogen-bond acceptors (Lipinski definition) is 5. The maximum atomic E-state index is 6.76. The first-order valence-corrected chi connectivity index (χ1v) is 27.5. The number of fused-ring (bicyclic) bond motifs is 9. The molecule has 1 aromatic heterocycles. The van der Waals surface area contributed by atoms with Crippen molar-refractivity contribution in [3.8, 4) is 44.9 Å². The molecule has 0 saturated carbocycles. The van der Waals surface area contributed by atoms with Crippen LogP contribution in [-0.2, 0) is 16.2 Å². The number of aryl methyl sites for hydroxylation is 1. The van der Waals surface area contributed by atoms with Crippen molar-refractivity contribution in [2.45, 2.75) is 85.5 Å². The predicted octanol–water partition coefficient (Wildman–Crippen LogP) is 17.1. The van der Waals surface area contributed by atoms with E-state index in [4.69, 9.17) is 9.47 Å². The minimum Gasteiger partial charge on any atom is -0.486 e. The smallest absolute Gasteiger partial charge is 0.252 e.